The van der Waals surface area contributed by atoms with Gasteiger partial charge in [-0.05, 0) is 48.5 Å². The van der Waals surface area contributed by atoms with Crippen molar-refractivity contribution in [3.63, 3.8) is 0 Å². The quantitative estimate of drug-likeness (QED) is 0.555. The summed E-state index contributed by atoms with van der Waals surface area (Å²) in [5.74, 6) is 1.97. The van der Waals surface area contributed by atoms with E-state index in [1.54, 1.807) is 13.3 Å². The molecule has 2 aromatic carbocycles. The minimum absolute atomic E-state index is 0.485. The summed E-state index contributed by atoms with van der Waals surface area (Å²) in [5.41, 5.74) is 2.44. The number of methoxy groups -OCH3 is 1. The number of pyridine rings is 1. The SMILES string of the molecule is COc1ccc(Nc2nc(Nc3ccccc3)nc3ncccc23)cc1. The van der Waals surface area contributed by atoms with Gasteiger partial charge in [0, 0.05) is 17.6 Å². The van der Waals surface area contributed by atoms with Crippen molar-refractivity contribution in [2.24, 2.45) is 0 Å². The Kier molecular flexibility index (Phi) is 4.30. The minimum Gasteiger partial charge on any atom is -0.497 e. The Morgan fingerprint density at radius 1 is 0.769 bits per heavy atom. The Balaban J connectivity index is 1.71. The highest BCUT2D eigenvalue weighted by atomic mass is 16.5. The van der Waals surface area contributed by atoms with Crippen LogP contribution in [0.2, 0.25) is 0 Å². The standard InChI is InChI=1S/C20H17N5O/c1-26-16-11-9-15(10-12-16)22-19-17-8-5-13-21-18(17)24-20(25-19)23-14-6-3-2-4-7-14/h2-13H,1H3,(H2,21,22,23,24,25). The van der Waals surface area contributed by atoms with Gasteiger partial charge in [0.05, 0.1) is 12.5 Å². The lowest BCUT2D eigenvalue weighted by Gasteiger charge is -2.12. The van der Waals surface area contributed by atoms with Crippen molar-refractivity contribution in [3.05, 3.63) is 72.9 Å². The molecule has 6 nitrogen and oxygen atoms in total. The van der Waals surface area contributed by atoms with Gasteiger partial charge in [-0.3, -0.25) is 0 Å². The second kappa shape index (κ2) is 7.06. The van der Waals surface area contributed by atoms with Crippen molar-refractivity contribution < 1.29 is 4.74 Å². The third kappa shape index (κ3) is 3.39. The van der Waals surface area contributed by atoms with Gasteiger partial charge in [-0.2, -0.15) is 9.97 Å². The summed E-state index contributed by atoms with van der Waals surface area (Å²) in [6.45, 7) is 0. The van der Waals surface area contributed by atoms with Crippen molar-refractivity contribution in [3.8, 4) is 5.75 Å². The molecule has 0 bridgehead atoms. The van der Waals surface area contributed by atoms with Gasteiger partial charge in [0.2, 0.25) is 5.95 Å². The van der Waals surface area contributed by atoms with Crippen LogP contribution in [0.15, 0.2) is 72.9 Å². The van der Waals surface area contributed by atoms with Crippen LogP contribution < -0.4 is 15.4 Å². The molecule has 0 saturated heterocycles. The third-order valence-electron chi connectivity index (χ3n) is 3.85. The zero-order chi connectivity index (χ0) is 17.8. The zero-order valence-corrected chi connectivity index (χ0v) is 14.2. The van der Waals surface area contributed by atoms with Gasteiger partial charge in [-0.25, -0.2) is 4.98 Å². The summed E-state index contributed by atoms with van der Waals surface area (Å²) in [4.78, 5) is 13.5. The van der Waals surface area contributed by atoms with E-state index in [4.69, 9.17) is 4.74 Å². The van der Waals surface area contributed by atoms with Gasteiger partial charge in [0.1, 0.15) is 11.6 Å². The fourth-order valence-corrected chi connectivity index (χ4v) is 2.58. The molecule has 4 aromatic rings. The van der Waals surface area contributed by atoms with Gasteiger partial charge >= 0.3 is 0 Å². The molecule has 0 aliphatic rings. The summed E-state index contributed by atoms with van der Waals surface area (Å²) < 4.78 is 5.20. The fourth-order valence-electron chi connectivity index (χ4n) is 2.58. The predicted molar refractivity (Wildman–Crippen MR) is 103 cm³/mol. The summed E-state index contributed by atoms with van der Waals surface area (Å²) in [5, 5.41) is 7.40. The summed E-state index contributed by atoms with van der Waals surface area (Å²) >= 11 is 0. The largest absolute Gasteiger partial charge is 0.497 e. The molecule has 26 heavy (non-hydrogen) atoms. The maximum absolute atomic E-state index is 5.20. The molecular weight excluding hydrogens is 326 g/mol. The maximum atomic E-state index is 5.20. The topological polar surface area (TPSA) is 72.0 Å². The summed E-state index contributed by atoms with van der Waals surface area (Å²) in [6.07, 6.45) is 1.72. The van der Waals surface area contributed by atoms with Gasteiger partial charge < -0.3 is 15.4 Å². The van der Waals surface area contributed by atoms with Gasteiger partial charge in [-0.1, -0.05) is 18.2 Å². The Morgan fingerprint density at radius 3 is 2.31 bits per heavy atom. The molecule has 2 aromatic heterocycles. The molecule has 0 fully saturated rings. The maximum Gasteiger partial charge on any atom is 0.231 e. The van der Waals surface area contributed by atoms with Crippen LogP contribution >= 0.6 is 0 Å². The van der Waals surface area contributed by atoms with E-state index in [1.165, 1.54) is 0 Å². The number of anilines is 4. The highest BCUT2D eigenvalue weighted by molar-refractivity contribution is 5.89. The normalized spacial score (nSPS) is 10.5. The van der Waals surface area contributed by atoms with Gasteiger partial charge in [0.25, 0.3) is 0 Å². The number of para-hydroxylation sites is 1. The van der Waals surface area contributed by atoms with E-state index in [0.29, 0.717) is 17.4 Å². The number of nitrogens with one attached hydrogen (secondary N) is 2. The molecule has 0 radical (unpaired) electrons. The van der Waals surface area contributed by atoms with E-state index in [0.717, 1.165) is 22.5 Å². The van der Waals surface area contributed by atoms with Crippen molar-refractivity contribution in [2.45, 2.75) is 0 Å². The van der Waals surface area contributed by atoms with Crippen molar-refractivity contribution >= 4 is 34.2 Å². The molecule has 128 valence electrons. The van der Waals surface area contributed by atoms with Gasteiger partial charge in [-0.15, -0.1) is 0 Å². The number of hydrogen-bond donors (Lipinski definition) is 2. The number of aromatic nitrogens is 3. The third-order valence-corrected chi connectivity index (χ3v) is 3.85. The van der Waals surface area contributed by atoms with E-state index in [-0.39, 0.29) is 0 Å². The predicted octanol–water partition coefficient (Wildman–Crippen LogP) is 4.52. The van der Waals surface area contributed by atoms with E-state index >= 15 is 0 Å². The van der Waals surface area contributed by atoms with Crippen LogP contribution in [0.4, 0.5) is 23.1 Å². The Morgan fingerprint density at radius 2 is 1.54 bits per heavy atom. The lowest BCUT2D eigenvalue weighted by molar-refractivity contribution is 0.415. The molecule has 0 unspecified atom stereocenters. The molecule has 6 heteroatoms. The Bertz CT molecular complexity index is 1020. The molecule has 0 amide bonds. The molecule has 0 spiro atoms. The van der Waals surface area contributed by atoms with E-state index < -0.39 is 0 Å². The first-order chi connectivity index (χ1) is 12.8. The number of nitrogens with zero attached hydrogens (tertiary/aromatic N) is 3. The molecular formula is C20H17N5O. The smallest absolute Gasteiger partial charge is 0.231 e. The number of hydrogen-bond acceptors (Lipinski definition) is 6. The molecule has 0 saturated carbocycles. The molecule has 2 N–H and O–H groups in total. The fraction of sp³-hybridized carbons (Fsp3) is 0.0500. The molecule has 0 atom stereocenters. The van der Waals surface area contributed by atoms with Crippen molar-refractivity contribution in [1.82, 2.24) is 15.0 Å². The Hall–Kier alpha value is -3.67. The van der Waals surface area contributed by atoms with Crippen LogP contribution in [0, 0.1) is 0 Å². The first-order valence-corrected chi connectivity index (χ1v) is 8.18. The lowest BCUT2D eigenvalue weighted by atomic mass is 10.2. The van der Waals surface area contributed by atoms with Crippen LogP contribution in [0.25, 0.3) is 11.0 Å². The molecule has 0 aliphatic carbocycles. The monoisotopic (exact) mass is 343 g/mol. The average molecular weight is 343 g/mol. The highest BCUT2D eigenvalue weighted by Crippen LogP contribution is 2.26. The van der Waals surface area contributed by atoms with Crippen molar-refractivity contribution in [1.29, 1.82) is 0 Å². The highest BCUT2D eigenvalue weighted by Gasteiger charge is 2.09. The zero-order valence-electron chi connectivity index (χ0n) is 14.2. The summed E-state index contributed by atoms with van der Waals surface area (Å²) in [7, 11) is 1.65. The van der Waals surface area contributed by atoms with Crippen LogP contribution in [0.3, 0.4) is 0 Å². The number of rotatable bonds is 5. The molecule has 4 rings (SSSR count). The van der Waals surface area contributed by atoms with Crippen LogP contribution in [0.5, 0.6) is 5.75 Å². The number of ether oxygens (including phenoxy) is 1. The van der Waals surface area contributed by atoms with Gasteiger partial charge in [0.15, 0.2) is 5.65 Å². The van der Waals surface area contributed by atoms with E-state index in [9.17, 15) is 0 Å². The minimum atomic E-state index is 0.485. The van der Waals surface area contributed by atoms with E-state index in [1.807, 2.05) is 66.7 Å². The molecule has 0 aliphatic heterocycles. The number of benzene rings is 2. The second-order valence-electron chi connectivity index (χ2n) is 5.61. The van der Waals surface area contributed by atoms with Crippen molar-refractivity contribution in [2.75, 3.05) is 17.7 Å². The lowest BCUT2D eigenvalue weighted by Crippen LogP contribution is -2.03. The summed E-state index contributed by atoms with van der Waals surface area (Å²) in [6, 6.07) is 21.3. The first-order valence-electron chi connectivity index (χ1n) is 8.18. The van der Waals surface area contributed by atoms with Crippen LogP contribution in [-0.4, -0.2) is 22.1 Å². The Labute approximate surface area is 150 Å². The van der Waals surface area contributed by atoms with Crippen LogP contribution in [-0.2, 0) is 0 Å². The average Bonchev–Trinajstić information content (AvgIpc) is 2.69. The second-order valence-corrected chi connectivity index (χ2v) is 5.61. The van der Waals surface area contributed by atoms with Crippen LogP contribution in [0.1, 0.15) is 0 Å². The van der Waals surface area contributed by atoms with E-state index in [2.05, 4.69) is 25.6 Å². The molecule has 2 heterocycles. The first kappa shape index (κ1) is 15.8. The number of fused-ring (bicyclic) bond motifs is 1.